The maximum atomic E-state index is 12.6. The molecular weight excluding hydrogens is 406 g/mol. The van der Waals surface area contributed by atoms with Crippen LogP contribution in [0.15, 0.2) is 71.8 Å². The second kappa shape index (κ2) is 8.83. The van der Waals surface area contributed by atoms with Crippen molar-refractivity contribution in [3.05, 3.63) is 78.0 Å². The molecule has 3 aromatic rings. The molecular formula is C21H21N3O5S. The number of pyridine rings is 1. The molecule has 0 spiro atoms. The Balaban J connectivity index is 1.86. The molecule has 3 rings (SSSR count). The topological polar surface area (TPSA) is 109 Å². The molecule has 8 nitrogen and oxygen atoms in total. The number of anilines is 2. The number of carboxylic acids is 1. The number of hydrogen-bond acceptors (Lipinski definition) is 6. The predicted molar refractivity (Wildman–Crippen MR) is 114 cm³/mol. The summed E-state index contributed by atoms with van der Waals surface area (Å²) in [7, 11) is -0.706. The first-order valence-electron chi connectivity index (χ1n) is 8.95. The van der Waals surface area contributed by atoms with Crippen molar-refractivity contribution in [2.45, 2.75) is 11.4 Å². The number of ether oxygens (including phenoxy) is 1. The average Bonchev–Trinajstić information content (AvgIpc) is 2.74. The van der Waals surface area contributed by atoms with Crippen molar-refractivity contribution >= 4 is 27.5 Å². The lowest BCUT2D eigenvalue weighted by atomic mass is 10.2. The van der Waals surface area contributed by atoms with E-state index in [9.17, 15) is 18.3 Å². The summed E-state index contributed by atoms with van der Waals surface area (Å²) in [5, 5.41) is 9.62. The fourth-order valence-corrected chi connectivity index (χ4v) is 3.91. The molecule has 0 aliphatic rings. The molecule has 0 aliphatic carbocycles. The van der Waals surface area contributed by atoms with Crippen LogP contribution in [0.1, 0.15) is 15.9 Å². The molecule has 0 saturated carbocycles. The van der Waals surface area contributed by atoms with Gasteiger partial charge in [0.25, 0.3) is 10.0 Å². The highest BCUT2D eigenvalue weighted by Gasteiger charge is 2.20. The summed E-state index contributed by atoms with van der Waals surface area (Å²) in [6, 6.07) is 16.6. The number of sulfonamides is 1. The highest BCUT2D eigenvalue weighted by Crippen LogP contribution is 2.24. The molecule has 9 heteroatoms. The maximum absolute atomic E-state index is 12.6. The van der Waals surface area contributed by atoms with Gasteiger partial charge in [0.15, 0.2) is 0 Å². The third-order valence-corrected chi connectivity index (χ3v) is 5.74. The Kier molecular flexibility index (Phi) is 6.22. The summed E-state index contributed by atoms with van der Waals surface area (Å²) in [5.41, 5.74) is 0.936. The molecule has 0 radical (unpaired) electrons. The first kappa shape index (κ1) is 21.1. The number of hydrogen-bond donors (Lipinski definition) is 2. The Morgan fingerprint density at radius 3 is 2.40 bits per heavy atom. The summed E-state index contributed by atoms with van der Waals surface area (Å²) >= 11 is 0. The van der Waals surface area contributed by atoms with Crippen LogP contribution < -0.4 is 14.4 Å². The Morgan fingerprint density at radius 2 is 1.80 bits per heavy atom. The van der Waals surface area contributed by atoms with E-state index in [1.807, 2.05) is 30.3 Å². The van der Waals surface area contributed by atoms with E-state index in [-0.39, 0.29) is 22.0 Å². The summed E-state index contributed by atoms with van der Waals surface area (Å²) in [4.78, 5) is 17.7. The fraction of sp³-hybridized carbons (Fsp3) is 0.143. The zero-order valence-corrected chi connectivity index (χ0v) is 17.3. The van der Waals surface area contributed by atoms with E-state index in [0.717, 1.165) is 5.56 Å². The molecule has 0 atom stereocenters. The second-order valence-electron chi connectivity index (χ2n) is 6.52. The van der Waals surface area contributed by atoms with Crippen molar-refractivity contribution in [2.24, 2.45) is 0 Å². The SMILES string of the molecule is COc1ccc(S(=O)(=O)Nc2cnc(N(C)Cc3ccccc3)c(C(=O)O)c2)cc1. The van der Waals surface area contributed by atoms with Crippen LogP contribution in [0.2, 0.25) is 0 Å². The number of carbonyl (C=O) groups is 1. The lowest BCUT2D eigenvalue weighted by molar-refractivity contribution is 0.0697. The number of nitrogens with zero attached hydrogens (tertiary/aromatic N) is 2. The van der Waals surface area contributed by atoms with Crippen LogP contribution in [0.5, 0.6) is 5.75 Å². The Labute approximate surface area is 174 Å². The van der Waals surface area contributed by atoms with Gasteiger partial charge in [-0.1, -0.05) is 30.3 Å². The molecule has 156 valence electrons. The van der Waals surface area contributed by atoms with E-state index in [2.05, 4.69) is 9.71 Å². The lowest BCUT2D eigenvalue weighted by Crippen LogP contribution is -2.21. The summed E-state index contributed by atoms with van der Waals surface area (Å²) in [5.74, 6) is -0.448. The van der Waals surface area contributed by atoms with Gasteiger partial charge in [0.05, 0.1) is 23.9 Å². The first-order chi connectivity index (χ1) is 14.3. The van der Waals surface area contributed by atoms with Crippen molar-refractivity contribution in [2.75, 3.05) is 23.8 Å². The molecule has 0 bridgehead atoms. The van der Waals surface area contributed by atoms with Gasteiger partial charge < -0.3 is 14.7 Å². The normalized spacial score (nSPS) is 11.0. The van der Waals surface area contributed by atoms with Crippen molar-refractivity contribution < 1.29 is 23.1 Å². The molecule has 1 aromatic heterocycles. The van der Waals surface area contributed by atoms with Crippen molar-refractivity contribution in [1.29, 1.82) is 0 Å². The van der Waals surface area contributed by atoms with E-state index < -0.39 is 16.0 Å². The lowest BCUT2D eigenvalue weighted by Gasteiger charge is -2.20. The zero-order valence-electron chi connectivity index (χ0n) is 16.4. The number of carboxylic acid groups (broad SMARTS) is 1. The number of methoxy groups -OCH3 is 1. The van der Waals surface area contributed by atoms with Gasteiger partial charge in [0.1, 0.15) is 17.1 Å². The number of rotatable bonds is 8. The summed E-state index contributed by atoms with van der Waals surface area (Å²) in [6.07, 6.45) is 1.30. The Hall–Kier alpha value is -3.59. The number of benzene rings is 2. The molecule has 0 amide bonds. The quantitative estimate of drug-likeness (QED) is 0.568. The van der Waals surface area contributed by atoms with Gasteiger partial charge in [-0.2, -0.15) is 0 Å². The average molecular weight is 427 g/mol. The second-order valence-corrected chi connectivity index (χ2v) is 8.21. The third kappa shape index (κ3) is 4.87. The van der Waals surface area contributed by atoms with Crippen LogP contribution >= 0.6 is 0 Å². The van der Waals surface area contributed by atoms with E-state index in [4.69, 9.17) is 4.74 Å². The van der Waals surface area contributed by atoms with Crippen LogP contribution in [0.25, 0.3) is 0 Å². The Morgan fingerprint density at radius 1 is 1.13 bits per heavy atom. The van der Waals surface area contributed by atoms with Gasteiger partial charge in [-0.05, 0) is 35.9 Å². The number of aromatic carboxylic acids is 1. The standard InChI is InChI=1S/C21H21N3O5S/c1-24(14-15-6-4-3-5-7-15)20-19(21(25)26)12-16(13-22-20)23-30(27,28)18-10-8-17(29-2)9-11-18/h3-13,23H,14H2,1-2H3,(H,25,26). The summed E-state index contributed by atoms with van der Waals surface area (Å²) < 4.78 is 32.6. The van der Waals surface area contributed by atoms with Gasteiger partial charge in [-0.3, -0.25) is 4.72 Å². The minimum atomic E-state index is -3.91. The maximum Gasteiger partial charge on any atom is 0.339 e. The fourth-order valence-electron chi connectivity index (χ4n) is 2.88. The van der Waals surface area contributed by atoms with Gasteiger partial charge in [-0.25, -0.2) is 18.2 Å². The van der Waals surface area contributed by atoms with Crippen LogP contribution in [-0.4, -0.2) is 38.6 Å². The van der Waals surface area contributed by atoms with E-state index in [0.29, 0.717) is 12.3 Å². The van der Waals surface area contributed by atoms with E-state index >= 15 is 0 Å². The van der Waals surface area contributed by atoms with E-state index in [1.165, 1.54) is 43.6 Å². The van der Waals surface area contributed by atoms with Crippen LogP contribution in [0.3, 0.4) is 0 Å². The van der Waals surface area contributed by atoms with Crippen LogP contribution in [0.4, 0.5) is 11.5 Å². The largest absolute Gasteiger partial charge is 0.497 e. The molecule has 0 saturated heterocycles. The van der Waals surface area contributed by atoms with Gasteiger partial charge in [0.2, 0.25) is 0 Å². The first-order valence-corrected chi connectivity index (χ1v) is 10.4. The minimum absolute atomic E-state index is 0.0189. The highest BCUT2D eigenvalue weighted by atomic mass is 32.2. The summed E-state index contributed by atoms with van der Waals surface area (Å²) in [6.45, 7) is 0.449. The van der Waals surface area contributed by atoms with Gasteiger partial charge in [0, 0.05) is 13.6 Å². The molecule has 0 unspecified atom stereocenters. The van der Waals surface area contributed by atoms with Crippen LogP contribution in [0, 0.1) is 0 Å². The smallest absolute Gasteiger partial charge is 0.339 e. The van der Waals surface area contributed by atoms with Gasteiger partial charge >= 0.3 is 5.97 Å². The van der Waals surface area contributed by atoms with Gasteiger partial charge in [-0.15, -0.1) is 0 Å². The number of nitrogens with one attached hydrogen (secondary N) is 1. The predicted octanol–water partition coefficient (Wildman–Crippen LogP) is 3.23. The number of aromatic nitrogens is 1. The molecule has 0 aliphatic heterocycles. The molecule has 2 aromatic carbocycles. The molecule has 2 N–H and O–H groups in total. The van der Waals surface area contributed by atoms with Crippen molar-refractivity contribution in [3.8, 4) is 5.75 Å². The van der Waals surface area contributed by atoms with E-state index in [1.54, 1.807) is 11.9 Å². The zero-order chi connectivity index (χ0) is 21.7. The molecule has 30 heavy (non-hydrogen) atoms. The van der Waals surface area contributed by atoms with Crippen molar-refractivity contribution in [1.82, 2.24) is 4.98 Å². The Bertz CT molecular complexity index is 1130. The third-order valence-electron chi connectivity index (χ3n) is 4.34. The highest BCUT2D eigenvalue weighted by molar-refractivity contribution is 7.92. The monoisotopic (exact) mass is 427 g/mol. The minimum Gasteiger partial charge on any atom is -0.497 e. The molecule has 0 fully saturated rings. The molecule has 1 heterocycles. The van der Waals surface area contributed by atoms with Crippen molar-refractivity contribution in [3.63, 3.8) is 0 Å². The van der Waals surface area contributed by atoms with Crippen LogP contribution in [-0.2, 0) is 16.6 Å².